The normalized spacial score (nSPS) is 25.1. The summed E-state index contributed by atoms with van der Waals surface area (Å²) in [6.07, 6.45) is 2.42. The number of amides is 2. The highest BCUT2D eigenvalue weighted by Gasteiger charge is 2.54. The number of hydrazine groups is 1. The molecule has 28 heavy (non-hydrogen) atoms. The van der Waals surface area contributed by atoms with Crippen LogP contribution < -0.4 is 25.1 Å². The first-order chi connectivity index (χ1) is 13.4. The minimum absolute atomic E-state index is 0.0315. The minimum atomic E-state index is -0.955. The van der Waals surface area contributed by atoms with Crippen molar-refractivity contribution in [2.75, 3.05) is 21.3 Å². The van der Waals surface area contributed by atoms with Crippen molar-refractivity contribution in [2.45, 2.75) is 19.3 Å². The second-order valence-electron chi connectivity index (χ2n) is 7.08. The van der Waals surface area contributed by atoms with Crippen LogP contribution in [0.3, 0.4) is 0 Å². The van der Waals surface area contributed by atoms with Gasteiger partial charge in [-0.25, -0.2) is 0 Å². The van der Waals surface area contributed by atoms with Gasteiger partial charge < -0.3 is 19.3 Å². The monoisotopic (exact) mass is 392 g/mol. The fourth-order valence-corrected chi connectivity index (χ4v) is 4.51. The van der Waals surface area contributed by atoms with E-state index in [4.69, 9.17) is 14.2 Å². The number of carbonyl (C=O) groups is 3. The molecule has 2 saturated carbocycles. The summed E-state index contributed by atoms with van der Waals surface area (Å²) in [5.41, 5.74) is 4.92. The Morgan fingerprint density at radius 1 is 0.929 bits per heavy atom. The molecule has 0 unspecified atom stereocenters. The van der Waals surface area contributed by atoms with E-state index >= 15 is 0 Å². The van der Waals surface area contributed by atoms with E-state index in [9.17, 15) is 19.5 Å². The van der Waals surface area contributed by atoms with Crippen molar-refractivity contribution in [1.29, 1.82) is 0 Å². The molecule has 0 radical (unpaired) electrons. The molecule has 0 aliphatic heterocycles. The second-order valence-corrected chi connectivity index (χ2v) is 7.08. The van der Waals surface area contributed by atoms with Crippen LogP contribution in [0.15, 0.2) is 12.1 Å². The quantitative estimate of drug-likeness (QED) is 0.622. The number of carboxylic acid groups (broad SMARTS) is 1. The van der Waals surface area contributed by atoms with Crippen LogP contribution in [0.2, 0.25) is 0 Å². The predicted octanol–water partition coefficient (Wildman–Crippen LogP) is 1.22. The summed E-state index contributed by atoms with van der Waals surface area (Å²) in [4.78, 5) is 36.6. The summed E-state index contributed by atoms with van der Waals surface area (Å²) in [6, 6.07) is 2.92. The molecule has 2 bridgehead atoms. The van der Waals surface area contributed by atoms with Gasteiger partial charge in [0.2, 0.25) is 11.7 Å². The molecule has 2 aliphatic rings. The first-order valence-electron chi connectivity index (χ1n) is 9.04. The van der Waals surface area contributed by atoms with Crippen LogP contribution in [0.4, 0.5) is 0 Å². The highest BCUT2D eigenvalue weighted by atomic mass is 16.5. The molecule has 0 heterocycles. The lowest BCUT2D eigenvalue weighted by Gasteiger charge is -2.27. The number of fused-ring (bicyclic) bond motifs is 2. The van der Waals surface area contributed by atoms with Gasteiger partial charge >= 0.3 is 5.97 Å². The number of rotatable bonds is 6. The van der Waals surface area contributed by atoms with E-state index in [0.717, 1.165) is 19.3 Å². The third kappa shape index (κ3) is 3.44. The number of ether oxygens (including phenoxy) is 3. The molecule has 9 heteroatoms. The number of hydrogen-bond acceptors (Lipinski definition) is 6. The van der Waals surface area contributed by atoms with Crippen LogP contribution >= 0.6 is 0 Å². The van der Waals surface area contributed by atoms with Gasteiger partial charge in [0.1, 0.15) is 0 Å². The third-order valence-corrected chi connectivity index (χ3v) is 5.73. The summed E-state index contributed by atoms with van der Waals surface area (Å²) in [6.45, 7) is 0. The smallest absolute Gasteiger partial charge is 0.307 e. The van der Waals surface area contributed by atoms with Crippen molar-refractivity contribution in [2.24, 2.45) is 23.7 Å². The Kier molecular flexibility index (Phi) is 5.62. The molecular formula is C19H24N2O7. The minimum Gasteiger partial charge on any atom is -0.493 e. The van der Waals surface area contributed by atoms with Crippen LogP contribution in [0, 0.1) is 23.7 Å². The number of benzene rings is 1. The highest BCUT2D eigenvalue weighted by molar-refractivity contribution is 5.97. The van der Waals surface area contributed by atoms with E-state index in [1.54, 1.807) is 0 Å². The maximum Gasteiger partial charge on any atom is 0.307 e. The summed E-state index contributed by atoms with van der Waals surface area (Å²) in [7, 11) is 4.32. The van der Waals surface area contributed by atoms with Crippen molar-refractivity contribution in [3.63, 3.8) is 0 Å². The molecule has 2 fully saturated rings. The lowest BCUT2D eigenvalue weighted by Crippen LogP contribution is -2.48. The lowest BCUT2D eigenvalue weighted by atomic mass is 9.79. The van der Waals surface area contributed by atoms with Gasteiger partial charge in [0.05, 0.1) is 33.2 Å². The van der Waals surface area contributed by atoms with Crippen molar-refractivity contribution in [3.05, 3.63) is 17.7 Å². The number of hydrogen-bond donors (Lipinski definition) is 3. The molecule has 3 rings (SSSR count). The molecule has 0 spiro atoms. The second kappa shape index (κ2) is 7.95. The van der Waals surface area contributed by atoms with Gasteiger partial charge in [-0.3, -0.25) is 25.2 Å². The number of nitrogens with one attached hydrogen (secondary N) is 2. The maximum atomic E-state index is 12.6. The zero-order valence-electron chi connectivity index (χ0n) is 16.0. The topological polar surface area (TPSA) is 123 Å². The third-order valence-electron chi connectivity index (χ3n) is 5.73. The first-order valence-corrected chi connectivity index (χ1v) is 9.04. The summed E-state index contributed by atoms with van der Waals surface area (Å²) in [5.74, 6) is -2.31. The molecule has 2 aliphatic carbocycles. The summed E-state index contributed by atoms with van der Waals surface area (Å²) < 4.78 is 15.6. The lowest BCUT2D eigenvalue weighted by molar-refractivity contribution is -0.149. The van der Waals surface area contributed by atoms with Crippen molar-refractivity contribution < 1.29 is 33.7 Å². The van der Waals surface area contributed by atoms with E-state index < -0.39 is 29.6 Å². The standard InChI is InChI=1S/C19H24N2O7/c1-26-12-7-11(8-13(27-2)16(12)28-3)17(22)20-21-18(23)14-9-4-5-10(6-9)15(14)19(24)25/h7-10,14-15H,4-6H2,1-3H3,(H,20,22)(H,21,23)(H,24,25)/t9-,10+,14-,15+/m1/s1. The van der Waals surface area contributed by atoms with Gasteiger partial charge in [-0.15, -0.1) is 0 Å². The Morgan fingerprint density at radius 2 is 1.50 bits per heavy atom. The van der Waals surface area contributed by atoms with E-state index in [1.165, 1.54) is 33.5 Å². The van der Waals surface area contributed by atoms with Gasteiger partial charge in [0.25, 0.3) is 5.91 Å². The van der Waals surface area contributed by atoms with Crippen LogP contribution in [0.1, 0.15) is 29.6 Å². The first kappa shape index (κ1) is 19.8. The van der Waals surface area contributed by atoms with Crippen molar-refractivity contribution in [1.82, 2.24) is 10.9 Å². The molecule has 9 nitrogen and oxygen atoms in total. The molecule has 2 amide bonds. The fourth-order valence-electron chi connectivity index (χ4n) is 4.51. The Labute approximate surface area is 162 Å². The van der Waals surface area contributed by atoms with Crippen LogP contribution in [-0.4, -0.2) is 44.2 Å². The number of carboxylic acids is 1. The Morgan fingerprint density at radius 3 is 2.00 bits per heavy atom. The molecule has 0 saturated heterocycles. The van der Waals surface area contributed by atoms with Gasteiger partial charge in [-0.2, -0.15) is 0 Å². The van der Waals surface area contributed by atoms with Crippen LogP contribution in [0.5, 0.6) is 17.2 Å². The summed E-state index contributed by atoms with van der Waals surface area (Å²) in [5, 5.41) is 9.47. The number of aliphatic carboxylic acids is 1. The predicted molar refractivity (Wildman–Crippen MR) is 97.2 cm³/mol. The maximum absolute atomic E-state index is 12.6. The average molecular weight is 392 g/mol. The Hall–Kier alpha value is -2.97. The van der Waals surface area contributed by atoms with Crippen LogP contribution in [-0.2, 0) is 9.59 Å². The van der Waals surface area contributed by atoms with E-state index in [0.29, 0.717) is 17.2 Å². The molecule has 1 aromatic rings. The van der Waals surface area contributed by atoms with E-state index in [-0.39, 0.29) is 17.4 Å². The molecule has 4 atom stereocenters. The van der Waals surface area contributed by atoms with Gasteiger partial charge in [0, 0.05) is 5.56 Å². The van der Waals surface area contributed by atoms with Crippen LogP contribution in [0.25, 0.3) is 0 Å². The molecule has 152 valence electrons. The molecule has 0 aromatic heterocycles. The largest absolute Gasteiger partial charge is 0.493 e. The zero-order chi connectivity index (χ0) is 20.4. The molecular weight excluding hydrogens is 368 g/mol. The fraction of sp³-hybridized carbons (Fsp3) is 0.526. The summed E-state index contributed by atoms with van der Waals surface area (Å²) >= 11 is 0. The average Bonchev–Trinajstić information content (AvgIpc) is 3.32. The number of methoxy groups -OCH3 is 3. The molecule has 3 N–H and O–H groups in total. The molecule has 1 aromatic carbocycles. The Balaban J connectivity index is 1.70. The van der Waals surface area contributed by atoms with Gasteiger partial charge in [-0.05, 0) is 43.2 Å². The van der Waals surface area contributed by atoms with E-state index in [2.05, 4.69) is 10.9 Å². The van der Waals surface area contributed by atoms with Crippen molar-refractivity contribution >= 4 is 17.8 Å². The van der Waals surface area contributed by atoms with E-state index in [1.807, 2.05) is 0 Å². The van der Waals surface area contributed by atoms with Gasteiger partial charge in [-0.1, -0.05) is 0 Å². The number of carbonyl (C=O) groups excluding carboxylic acids is 2. The SMILES string of the molecule is COc1cc(C(=O)NNC(=O)[C@@H]2[C@@H]3CC[C@@H](C3)[C@@H]2C(=O)O)cc(OC)c1OC. The van der Waals surface area contributed by atoms with Gasteiger partial charge in [0.15, 0.2) is 11.5 Å². The zero-order valence-corrected chi connectivity index (χ0v) is 16.0. The van der Waals surface area contributed by atoms with Crippen molar-refractivity contribution in [3.8, 4) is 17.2 Å². The Bertz CT molecular complexity index is 769. The highest BCUT2D eigenvalue weighted by Crippen LogP contribution is 2.52.